The molecule has 1 aromatic rings. The van der Waals surface area contributed by atoms with Gasteiger partial charge in [0, 0.05) is 13.1 Å². The Labute approximate surface area is 105 Å². The lowest BCUT2D eigenvalue weighted by atomic mass is 9.90. The second-order valence-electron chi connectivity index (χ2n) is 4.72. The molecule has 0 radical (unpaired) electrons. The van der Waals surface area contributed by atoms with Gasteiger partial charge < -0.3 is 15.0 Å². The Kier molecular flexibility index (Phi) is 3.47. The molecule has 0 spiro atoms. The predicted octanol–water partition coefficient (Wildman–Crippen LogP) is 0.147. The predicted molar refractivity (Wildman–Crippen MR) is 65.2 cm³/mol. The van der Waals surface area contributed by atoms with Crippen LogP contribution in [0.25, 0.3) is 0 Å². The van der Waals surface area contributed by atoms with Gasteiger partial charge in [-0.25, -0.2) is 0 Å². The molecule has 0 aromatic carbocycles. The summed E-state index contributed by atoms with van der Waals surface area (Å²) in [6.45, 7) is 2.80. The Bertz CT molecular complexity index is 499. The number of amides is 1. The van der Waals surface area contributed by atoms with Crippen molar-refractivity contribution in [2.24, 2.45) is 0 Å². The molecule has 1 aromatic heterocycles. The van der Waals surface area contributed by atoms with Gasteiger partial charge in [-0.3, -0.25) is 14.6 Å². The van der Waals surface area contributed by atoms with Crippen molar-refractivity contribution >= 4 is 5.91 Å². The van der Waals surface area contributed by atoms with E-state index in [1.54, 1.807) is 4.90 Å². The quantitative estimate of drug-likeness (QED) is 0.783. The lowest BCUT2D eigenvalue weighted by Crippen LogP contribution is -2.50. The molecule has 18 heavy (non-hydrogen) atoms. The van der Waals surface area contributed by atoms with Gasteiger partial charge in [-0.15, -0.1) is 0 Å². The monoisotopic (exact) mass is 251 g/mol. The largest absolute Gasteiger partial charge is 0.388 e. The summed E-state index contributed by atoms with van der Waals surface area (Å²) in [6, 6.07) is 0. The SMILES string of the molecule is CCC1(O)CCCN(C(=O)c2cncc(=O)[nH]2)C1. The van der Waals surface area contributed by atoms with Crippen LogP contribution in [0.2, 0.25) is 0 Å². The topological polar surface area (TPSA) is 86.3 Å². The van der Waals surface area contributed by atoms with E-state index in [4.69, 9.17) is 0 Å². The molecule has 2 N–H and O–H groups in total. The van der Waals surface area contributed by atoms with Gasteiger partial charge in [-0.2, -0.15) is 0 Å². The summed E-state index contributed by atoms with van der Waals surface area (Å²) in [7, 11) is 0. The average molecular weight is 251 g/mol. The van der Waals surface area contributed by atoms with Gasteiger partial charge in [0.25, 0.3) is 11.5 Å². The third-order valence-corrected chi connectivity index (χ3v) is 3.38. The molecule has 2 heterocycles. The lowest BCUT2D eigenvalue weighted by Gasteiger charge is -2.38. The van der Waals surface area contributed by atoms with E-state index in [0.717, 1.165) is 12.6 Å². The number of aromatic amines is 1. The normalized spacial score (nSPS) is 24.0. The molecule has 6 heteroatoms. The maximum Gasteiger partial charge on any atom is 0.272 e. The van der Waals surface area contributed by atoms with Crippen molar-refractivity contribution in [1.82, 2.24) is 14.9 Å². The van der Waals surface area contributed by atoms with Crippen molar-refractivity contribution in [2.45, 2.75) is 31.8 Å². The number of H-pyrrole nitrogens is 1. The van der Waals surface area contributed by atoms with E-state index in [-0.39, 0.29) is 11.6 Å². The summed E-state index contributed by atoms with van der Waals surface area (Å²) in [5.41, 5.74) is -1.04. The number of carbonyl (C=O) groups is 1. The highest BCUT2D eigenvalue weighted by atomic mass is 16.3. The number of likely N-dealkylation sites (tertiary alicyclic amines) is 1. The molecule has 1 unspecified atom stereocenters. The van der Waals surface area contributed by atoms with Crippen LogP contribution in [0.4, 0.5) is 0 Å². The Balaban J connectivity index is 2.17. The number of hydrogen-bond acceptors (Lipinski definition) is 4. The highest BCUT2D eigenvalue weighted by Crippen LogP contribution is 2.24. The van der Waals surface area contributed by atoms with Gasteiger partial charge in [-0.05, 0) is 19.3 Å². The summed E-state index contributed by atoms with van der Waals surface area (Å²) < 4.78 is 0. The van der Waals surface area contributed by atoms with Crippen LogP contribution in [-0.4, -0.2) is 44.6 Å². The standard InChI is InChI=1S/C12H17N3O3/c1-2-12(18)4-3-5-15(8-12)11(17)9-6-13-7-10(16)14-9/h6-7,18H,2-5,8H2,1H3,(H,14,16). The molecular formula is C12H17N3O3. The Hall–Kier alpha value is -1.69. The van der Waals surface area contributed by atoms with Gasteiger partial charge in [0.2, 0.25) is 0 Å². The number of β-amino-alcohol motifs (C(OH)–C–C–N with tert-alkyl or cyclic N) is 1. The first-order valence-electron chi connectivity index (χ1n) is 6.10. The molecule has 0 saturated carbocycles. The maximum atomic E-state index is 12.2. The minimum atomic E-state index is -0.809. The maximum absolute atomic E-state index is 12.2. The smallest absolute Gasteiger partial charge is 0.272 e. The second kappa shape index (κ2) is 4.89. The number of aliphatic hydroxyl groups is 1. The van der Waals surface area contributed by atoms with E-state index in [9.17, 15) is 14.7 Å². The Morgan fingerprint density at radius 2 is 2.39 bits per heavy atom. The van der Waals surface area contributed by atoms with E-state index in [0.29, 0.717) is 25.9 Å². The van der Waals surface area contributed by atoms with E-state index in [2.05, 4.69) is 9.97 Å². The van der Waals surface area contributed by atoms with Crippen molar-refractivity contribution in [3.8, 4) is 0 Å². The third-order valence-electron chi connectivity index (χ3n) is 3.38. The number of aromatic nitrogens is 2. The van der Waals surface area contributed by atoms with E-state index in [1.807, 2.05) is 6.92 Å². The fourth-order valence-corrected chi connectivity index (χ4v) is 2.23. The van der Waals surface area contributed by atoms with Crippen molar-refractivity contribution < 1.29 is 9.90 Å². The fourth-order valence-electron chi connectivity index (χ4n) is 2.23. The van der Waals surface area contributed by atoms with Crippen LogP contribution in [0.5, 0.6) is 0 Å². The van der Waals surface area contributed by atoms with Gasteiger partial charge in [0.05, 0.1) is 18.0 Å². The molecule has 1 amide bonds. The first-order valence-corrected chi connectivity index (χ1v) is 6.10. The van der Waals surface area contributed by atoms with E-state index < -0.39 is 11.2 Å². The second-order valence-corrected chi connectivity index (χ2v) is 4.72. The van der Waals surface area contributed by atoms with Crippen LogP contribution >= 0.6 is 0 Å². The van der Waals surface area contributed by atoms with Crippen molar-refractivity contribution in [3.63, 3.8) is 0 Å². The first kappa shape index (κ1) is 12.8. The van der Waals surface area contributed by atoms with Crippen molar-refractivity contribution in [2.75, 3.05) is 13.1 Å². The summed E-state index contributed by atoms with van der Waals surface area (Å²) in [5, 5.41) is 10.2. The summed E-state index contributed by atoms with van der Waals surface area (Å²) in [6.07, 6.45) is 4.54. The highest BCUT2D eigenvalue weighted by Gasteiger charge is 2.34. The fraction of sp³-hybridized carbons (Fsp3) is 0.583. The lowest BCUT2D eigenvalue weighted by molar-refractivity contribution is -0.0271. The minimum Gasteiger partial charge on any atom is -0.388 e. The van der Waals surface area contributed by atoms with Crippen LogP contribution in [-0.2, 0) is 0 Å². The van der Waals surface area contributed by atoms with Gasteiger partial charge in [-0.1, -0.05) is 6.92 Å². The molecule has 0 aliphatic carbocycles. The molecule has 1 saturated heterocycles. The van der Waals surface area contributed by atoms with E-state index >= 15 is 0 Å². The zero-order valence-corrected chi connectivity index (χ0v) is 10.3. The number of carbonyl (C=O) groups excluding carboxylic acids is 1. The molecule has 1 aliphatic heterocycles. The minimum absolute atomic E-state index is 0.169. The number of nitrogens with zero attached hydrogens (tertiary/aromatic N) is 2. The van der Waals surface area contributed by atoms with Crippen molar-refractivity contribution in [1.29, 1.82) is 0 Å². The van der Waals surface area contributed by atoms with Crippen LogP contribution < -0.4 is 5.56 Å². The molecule has 1 aliphatic rings. The molecule has 6 nitrogen and oxygen atoms in total. The molecule has 2 rings (SSSR count). The summed E-state index contributed by atoms with van der Waals surface area (Å²) in [4.78, 5) is 31.0. The Morgan fingerprint density at radius 1 is 1.61 bits per heavy atom. The first-order chi connectivity index (χ1) is 8.54. The number of piperidine rings is 1. The van der Waals surface area contributed by atoms with Gasteiger partial charge in [0.1, 0.15) is 5.69 Å². The number of nitrogens with one attached hydrogen (secondary N) is 1. The van der Waals surface area contributed by atoms with Crippen LogP contribution in [0.1, 0.15) is 36.7 Å². The molecular weight excluding hydrogens is 234 g/mol. The third kappa shape index (κ3) is 2.59. The molecule has 98 valence electrons. The average Bonchev–Trinajstić information content (AvgIpc) is 2.38. The van der Waals surface area contributed by atoms with E-state index in [1.165, 1.54) is 6.20 Å². The molecule has 1 atom stereocenters. The summed E-state index contributed by atoms with van der Waals surface area (Å²) in [5.74, 6) is -0.285. The highest BCUT2D eigenvalue weighted by molar-refractivity contribution is 5.92. The Morgan fingerprint density at radius 3 is 3.06 bits per heavy atom. The number of hydrogen-bond donors (Lipinski definition) is 2. The van der Waals surface area contributed by atoms with Crippen molar-refractivity contribution in [3.05, 3.63) is 28.4 Å². The van der Waals surface area contributed by atoms with Gasteiger partial charge in [0.15, 0.2) is 0 Å². The molecule has 0 bridgehead atoms. The van der Waals surface area contributed by atoms with Crippen LogP contribution in [0.3, 0.4) is 0 Å². The van der Waals surface area contributed by atoms with Gasteiger partial charge >= 0.3 is 0 Å². The zero-order chi connectivity index (χ0) is 13.2. The van der Waals surface area contributed by atoms with Crippen LogP contribution in [0, 0.1) is 0 Å². The zero-order valence-electron chi connectivity index (χ0n) is 10.3. The van der Waals surface area contributed by atoms with Crippen LogP contribution in [0.15, 0.2) is 17.2 Å². The number of rotatable bonds is 2. The summed E-state index contributed by atoms with van der Waals surface area (Å²) >= 11 is 0. The molecule has 1 fully saturated rings.